The van der Waals surface area contributed by atoms with Crippen LogP contribution in [0.2, 0.25) is 0 Å². The molecule has 0 unspecified atom stereocenters. The van der Waals surface area contributed by atoms with Gasteiger partial charge in [-0.1, -0.05) is 30.3 Å². The van der Waals surface area contributed by atoms with E-state index in [1.54, 1.807) is 6.07 Å². The number of fused-ring (bicyclic) bond motifs is 1. The first kappa shape index (κ1) is 12.2. The van der Waals surface area contributed by atoms with Crippen LogP contribution in [0, 0.1) is 6.92 Å². The molecule has 1 aliphatic heterocycles. The van der Waals surface area contributed by atoms with Crippen LogP contribution in [0.15, 0.2) is 42.5 Å². The van der Waals surface area contributed by atoms with Gasteiger partial charge in [-0.25, -0.2) is 0 Å². The zero-order valence-electron chi connectivity index (χ0n) is 11.3. The number of hydrogen-bond acceptors (Lipinski definition) is 2. The van der Waals surface area contributed by atoms with Crippen molar-refractivity contribution in [2.45, 2.75) is 26.4 Å². The maximum Gasteiger partial charge on any atom is 0.115 e. The van der Waals surface area contributed by atoms with Gasteiger partial charge in [0, 0.05) is 19.6 Å². The summed E-state index contributed by atoms with van der Waals surface area (Å²) in [5.41, 5.74) is 5.42. The number of benzene rings is 2. The first-order chi connectivity index (χ1) is 9.22. The monoisotopic (exact) mass is 253 g/mol. The Kier molecular flexibility index (Phi) is 3.26. The van der Waals surface area contributed by atoms with Gasteiger partial charge in [-0.3, -0.25) is 4.90 Å². The summed E-state index contributed by atoms with van der Waals surface area (Å²) in [7, 11) is 0. The third-order valence-corrected chi connectivity index (χ3v) is 3.94. The molecule has 0 atom stereocenters. The third-order valence-electron chi connectivity index (χ3n) is 3.94. The van der Waals surface area contributed by atoms with Gasteiger partial charge in [0.1, 0.15) is 5.75 Å². The summed E-state index contributed by atoms with van der Waals surface area (Å²) in [6, 6.07) is 14.3. The molecule has 0 saturated carbocycles. The second-order valence-electron chi connectivity index (χ2n) is 5.34. The standard InChI is InChI=1S/C17H19NO/c1-13-4-2-3-5-14(13)8-9-18-11-15-6-7-17(19)10-16(15)12-18/h2-7,10,19H,8-9,11-12H2,1H3. The fraction of sp³-hybridized carbons (Fsp3) is 0.294. The smallest absolute Gasteiger partial charge is 0.115 e. The molecule has 0 saturated heterocycles. The number of phenolic OH excluding ortho intramolecular Hbond substituents is 1. The Bertz CT molecular complexity index is 592. The highest BCUT2D eigenvalue weighted by Gasteiger charge is 2.18. The van der Waals surface area contributed by atoms with E-state index in [1.807, 2.05) is 12.1 Å². The molecule has 98 valence electrons. The summed E-state index contributed by atoms with van der Waals surface area (Å²) in [5, 5.41) is 9.51. The largest absolute Gasteiger partial charge is 0.508 e. The zero-order chi connectivity index (χ0) is 13.2. The molecule has 1 aliphatic rings. The molecule has 2 aromatic rings. The van der Waals surface area contributed by atoms with Gasteiger partial charge in [-0.15, -0.1) is 0 Å². The summed E-state index contributed by atoms with van der Waals surface area (Å²) in [5.74, 6) is 0.375. The average molecular weight is 253 g/mol. The summed E-state index contributed by atoms with van der Waals surface area (Å²) in [6.45, 7) is 5.20. The summed E-state index contributed by atoms with van der Waals surface area (Å²) in [6.07, 6.45) is 1.09. The molecular weight excluding hydrogens is 234 g/mol. The SMILES string of the molecule is Cc1ccccc1CCN1Cc2ccc(O)cc2C1. The molecule has 0 spiro atoms. The molecule has 2 aromatic carbocycles. The Labute approximate surface area is 114 Å². The summed E-state index contributed by atoms with van der Waals surface area (Å²) in [4.78, 5) is 2.44. The Morgan fingerprint density at radius 3 is 2.68 bits per heavy atom. The van der Waals surface area contributed by atoms with Crippen molar-refractivity contribution in [3.05, 3.63) is 64.7 Å². The van der Waals surface area contributed by atoms with Crippen LogP contribution in [0.25, 0.3) is 0 Å². The van der Waals surface area contributed by atoms with Gasteiger partial charge in [0.2, 0.25) is 0 Å². The lowest BCUT2D eigenvalue weighted by Gasteiger charge is -2.15. The van der Waals surface area contributed by atoms with E-state index in [1.165, 1.54) is 22.3 Å². The predicted molar refractivity (Wildman–Crippen MR) is 77.1 cm³/mol. The minimum Gasteiger partial charge on any atom is -0.508 e. The number of rotatable bonds is 3. The minimum absolute atomic E-state index is 0.375. The molecule has 0 aliphatic carbocycles. The van der Waals surface area contributed by atoms with Crippen LogP contribution in [0.4, 0.5) is 0 Å². The van der Waals surface area contributed by atoms with Crippen molar-refractivity contribution in [3.8, 4) is 5.75 Å². The fourth-order valence-electron chi connectivity index (χ4n) is 2.78. The minimum atomic E-state index is 0.375. The molecule has 1 heterocycles. The predicted octanol–water partition coefficient (Wildman–Crippen LogP) is 3.26. The van der Waals surface area contributed by atoms with Gasteiger partial charge in [-0.2, -0.15) is 0 Å². The summed E-state index contributed by atoms with van der Waals surface area (Å²) < 4.78 is 0. The van der Waals surface area contributed by atoms with Crippen LogP contribution in [0.3, 0.4) is 0 Å². The fourth-order valence-corrected chi connectivity index (χ4v) is 2.78. The van der Waals surface area contributed by atoms with E-state index in [2.05, 4.69) is 36.1 Å². The molecule has 0 aromatic heterocycles. The topological polar surface area (TPSA) is 23.5 Å². The van der Waals surface area contributed by atoms with Crippen molar-refractivity contribution in [2.75, 3.05) is 6.54 Å². The van der Waals surface area contributed by atoms with E-state index in [-0.39, 0.29) is 0 Å². The number of phenols is 1. The van der Waals surface area contributed by atoms with Crippen LogP contribution in [-0.2, 0) is 19.5 Å². The van der Waals surface area contributed by atoms with Crippen molar-refractivity contribution >= 4 is 0 Å². The van der Waals surface area contributed by atoms with Crippen LogP contribution in [0.1, 0.15) is 22.3 Å². The second kappa shape index (κ2) is 5.06. The van der Waals surface area contributed by atoms with Crippen molar-refractivity contribution < 1.29 is 5.11 Å². The highest BCUT2D eigenvalue weighted by atomic mass is 16.3. The Morgan fingerprint density at radius 2 is 1.84 bits per heavy atom. The molecule has 1 N–H and O–H groups in total. The van der Waals surface area contributed by atoms with Crippen LogP contribution in [0.5, 0.6) is 5.75 Å². The lowest BCUT2D eigenvalue weighted by atomic mass is 10.1. The molecule has 0 fully saturated rings. The van der Waals surface area contributed by atoms with Gasteiger partial charge >= 0.3 is 0 Å². The quantitative estimate of drug-likeness (QED) is 0.907. The van der Waals surface area contributed by atoms with Gasteiger partial charge in [0.25, 0.3) is 0 Å². The highest BCUT2D eigenvalue weighted by Crippen LogP contribution is 2.26. The first-order valence-electron chi connectivity index (χ1n) is 6.80. The van der Waals surface area contributed by atoms with E-state index in [0.717, 1.165) is 26.1 Å². The number of nitrogens with zero attached hydrogens (tertiary/aromatic N) is 1. The molecule has 19 heavy (non-hydrogen) atoms. The Morgan fingerprint density at radius 1 is 1.05 bits per heavy atom. The van der Waals surface area contributed by atoms with Crippen LogP contribution in [-0.4, -0.2) is 16.6 Å². The lowest BCUT2D eigenvalue weighted by molar-refractivity contribution is 0.288. The molecule has 2 heteroatoms. The first-order valence-corrected chi connectivity index (χ1v) is 6.80. The van der Waals surface area contributed by atoms with Crippen molar-refractivity contribution in [3.63, 3.8) is 0 Å². The van der Waals surface area contributed by atoms with Gasteiger partial charge in [-0.05, 0) is 47.7 Å². The van der Waals surface area contributed by atoms with E-state index in [4.69, 9.17) is 0 Å². The van der Waals surface area contributed by atoms with Gasteiger partial charge in [0.05, 0.1) is 0 Å². The maximum atomic E-state index is 9.51. The molecule has 3 rings (SSSR count). The molecule has 0 bridgehead atoms. The molecule has 0 amide bonds. The second-order valence-corrected chi connectivity index (χ2v) is 5.34. The zero-order valence-corrected chi connectivity index (χ0v) is 11.3. The summed E-state index contributed by atoms with van der Waals surface area (Å²) >= 11 is 0. The number of hydrogen-bond donors (Lipinski definition) is 1. The Hall–Kier alpha value is -1.80. The highest BCUT2D eigenvalue weighted by molar-refractivity contribution is 5.37. The number of aromatic hydroxyl groups is 1. The van der Waals surface area contributed by atoms with E-state index in [0.29, 0.717) is 5.75 Å². The lowest BCUT2D eigenvalue weighted by Crippen LogP contribution is -2.19. The van der Waals surface area contributed by atoms with E-state index >= 15 is 0 Å². The Balaban J connectivity index is 1.63. The third kappa shape index (κ3) is 2.64. The average Bonchev–Trinajstić information content (AvgIpc) is 2.79. The van der Waals surface area contributed by atoms with Crippen LogP contribution < -0.4 is 0 Å². The van der Waals surface area contributed by atoms with Crippen molar-refractivity contribution in [2.24, 2.45) is 0 Å². The van der Waals surface area contributed by atoms with E-state index < -0.39 is 0 Å². The maximum absolute atomic E-state index is 9.51. The normalized spacial score (nSPS) is 14.6. The van der Waals surface area contributed by atoms with E-state index in [9.17, 15) is 5.11 Å². The van der Waals surface area contributed by atoms with Crippen molar-refractivity contribution in [1.29, 1.82) is 0 Å². The molecule has 0 radical (unpaired) electrons. The molecule has 2 nitrogen and oxygen atoms in total. The molecular formula is C17H19NO. The van der Waals surface area contributed by atoms with Gasteiger partial charge in [0.15, 0.2) is 0 Å². The van der Waals surface area contributed by atoms with Crippen molar-refractivity contribution in [1.82, 2.24) is 4.90 Å². The van der Waals surface area contributed by atoms with Gasteiger partial charge < -0.3 is 5.11 Å². The van der Waals surface area contributed by atoms with Crippen LogP contribution >= 0.6 is 0 Å². The number of aryl methyl sites for hydroxylation is 1.